The number of nitrogens with one attached hydrogen (secondary N) is 2. The molecule has 0 spiro atoms. The molecule has 0 aliphatic carbocycles. The summed E-state index contributed by atoms with van der Waals surface area (Å²) in [7, 11) is 0. The molecule has 0 aliphatic heterocycles. The predicted octanol–water partition coefficient (Wildman–Crippen LogP) is 3.58. The molecule has 134 valence electrons. The van der Waals surface area contributed by atoms with E-state index in [0.29, 0.717) is 18.6 Å². The van der Waals surface area contributed by atoms with Crippen molar-refractivity contribution in [2.24, 2.45) is 0 Å². The number of carbonyl (C=O) groups is 2. The van der Waals surface area contributed by atoms with E-state index in [-0.39, 0.29) is 12.6 Å². The van der Waals surface area contributed by atoms with Crippen molar-refractivity contribution in [2.45, 2.75) is 32.1 Å². The van der Waals surface area contributed by atoms with Crippen molar-refractivity contribution >= 4 is 17.5 Å². The number of hydrogen-bond donors (Lipinski definition) is 2. The maximum atomic E-state index is 12.7. The van der Waals surface area contributed by atoms with E-state index in [0.717, 1.165) is 6.42 Å². The van der Waals surface area contributed by atoms with E-state index in [1.807, 2.05) is 6.92 Å². The van der Waals surface area contributed by atoms with Gasteiger partial charge in [-0.15, -0.1) is 0 Å². The summed E-state index contributed by atoms with van der Waals surface area (Å²) in [6, 6.07) is 0.579. The lowest BCUT2D eigenvalue weighted by Gasteiger charge is -2.14. The lowest BCUT2D eigenvalue weighted by molar-refractivity contribution is -0.143. The summed E-state index contributed by atoms with van der Waals surface area (Å²) in [6.07, 6.45) is -8.78. The van der Waals surface area contributed by atoms with Gasteiger partial charge in [0.2, 0.25) is 0 Å². The summed E-state index contributed by atoms with van der Waals surface area (Å²) >= 11 is 0. The van der Waals surface area contributed by atoms with Gasteiger partial charge >= 0.3 is 24.2 Å². The quantitative estimate of drug-likeness (QED) is 0.492. The molecule has 0 fully saturated rings. The van der Waals surface area contributed by atoms with Gasteiger partial charge in [-0.25, -0.2) is 0 Å². The number of unbranched alkanes of at least 4 members (excludes halogenated alkanes) is 1. The van der Waals surface area contributed by atoms with Gasteiger partial charge in [0.25, 0.3) is 0 Å². The predicted molar refractivity (Wildman–Crippen MR) is 73.0 cm³/mol. The van der Waals surface area contributed by atoms with E-state index in [1.165, 1.54) is 0 Å². The Morgan fingerprint density at radius 1 is 0.917 bits per heavy atom. The van der Waals surface area contributed by atoms with Crippen LogP contribution in [0.5, 0.6) is 0 Å². The SMILES string of the molecule is CCCCNC(=O)C(=O)Nc1cc(C(F)(F)F)cc(C(F)(F)F)c1. The molecule has 0 saturated heterocycles. The highest BCUT2D eigenvalue weighted by Gasteiger charge is 2.37. The molecule has 0 atom stereocenters. The van der Waals surface area contributed by atoms with Gasteiger partial charge < -0.3 is 10.6 Å². The minimum atomic E-state index is -5.04. The third-order valence-corrected chi connectivity index (χ3v) is 2.87. The maximum absolute atomic E-state index is 12.7. The first-order valence-electron chi connectivity index (χ1n) is 6.83. The molecule has 10 heteroatoms. The Balaban J connectivity index is 3.02. The zero-order chi connectivity index (χ0) is 18.5. The normalized spacial score (nSPS) is 12.0. The summed E-state index contributed by atoms with van der Waals surface area (Å²) in [5, 5.41) is 3.94. The summed E-state index contributed by atoms with van der Waals surface area (Å²) in [4.78, 5) is 23.0. The van der Waals surface area contributed by atoms with Crippen molar-refractivity contribution in [3.05, 3.63) is 29.3 Å². The molecule has 24 heavy (non-hydrogen) atoms. The van der Waals surface area contributed by atoms with Crippen LogP contribution in [0.15, 0.2) is 18.2 Å². The Morgan fingerprint density at radius 2 is 1.42 bits per heavy atom. The Kier molecular flexibility index (Phi) is 6.22. The molecule has 0 aromatic heterocycles. The van der Waals surface area contributed by atoms with Crippen LogP contribution in [0.3, 0.4) is 0 Å². The van der Waals surface area contributed by atoms with Gasteiger partial charge in [-0.3, -0.25) is 9.59 Å². The molecule has 1 aromatic carbocycles. The number of anilines is 1. The fourth-order valence-electron chi connectivity index (χ4n) is 1.67. The molecule has 0 aliphatic rings. The highest BCUT2D eigenvalue weighted by Crippen LogP contribution is 2.37. The Labute approximate surface area is 133 Å². The topological polar surface area (TPSA) is 58.2 Å². The number of benzene rings is 1. The average molecular weight is 356 g/mol. The first-order chi connectivity index (χ1) is 10.9. The number of amides is 2. The minimum absolute atomic E-state index is 0.0724. The summed E-state index contributed by atoms with van der Waals surface area (Å²) in [5.74, 6) is -2.49. The molecular formula is C14H14F6N2O2. The second-order valence-corrected chi connectivity index (χ2v) is 4.86. The van der Waals surface area contributed by atoms with Gasteiger partial charge in [-0.2, -0.15) is 26.3 Å². The molecule has 2 N–H and O–H groups in total. The van der Waals surface area contributed by atoms with Crippen LogP contribution < -0.4 is 10.6 Å². The Morgan fingerprint density at radius 3 is 1.83 bits per heavy atom. The number of halogens is 6. The second kappa shape index (κ2) is 7.54. The number of alkyl halides is 6. The first-order valence-corrected chi connectivity index (χ1v) is 6.83. The maximum Gasteiger partial charge on any atom is 0.416 e. The fraction of sp³-hybridized carbons (Fsp3) is 0.429. The van der Waals surface area contributed by atoms with Crippen LogP contribution in [-0.2, 0) is 21.9 Å². The average Bonchev–Trinajstić information content (AvgIpc) is 2.45. The van der Waals surface area contributed by atoms with Crippen LogP contribution in [-0.4, -0.2) is 18.4 Å². The lowest BCUT2D eigenvalue weighted by atomic mass is 10.1. The van der Waals surface area contributed by atoms with E-state index >= 15 is 0 Å². The van der Waals surface area contributed by atoms with Gasteiger partial charge in [0.05, 0.1) is 11.1 Å². The molecule has 0 saturated carbocycles. The highest BCUT2D eigenvalue weighted by molar-refractivity contribution is 6.39. The van der Waals surface area contributed by atoms with Crippen molar-refractivity contribution in [3.63, 3.8) is 0 Å². The van der Waals surface area contributed by atoms with E-state index in [2.05, 4.69) is 5.32 Å². The van der Waals surface area contributed by atoms with Crippen molar-refractivity contribution in [1.82, 2.24) is 5.32 Å². The van der Waals surface area contributed by atoms with E-state index in [9.17, 15) is 35.9 Å². The van der Waals surface area contributed by atoms with Gasteiger partial charge in [0.1, 0.15) is 0 Å². The van der Waals surface area contributed by atoms with E-state index in [1.54, 1.807) is 5.32 Å². The standard InChI is InChI=1S/C14H14F6N2O2/c1-2-3-4-21-11(23)12(24)22-10-6-8(13(15,16)17)5-9(7-10)14(18,19)20/h5-7H,2-4H2,1H3,(H,21,23)(H,22,24). The highest BCUT2D eigenvalue weighted by atomic mass is 19.4. The van der Waals surface area contributed by atoms with Crippen LogP contribution in [0, 0.1) is 0 Å². The van der Waals surface area contributed by atoms with Gasteiger partial charge in [0.15, 0.2) is 0 Å². The molecule has 2 amide bonds. The van der Waals surface area contributed by atoms with Crippen LogP contribution in [0.2, 0.25) is 0 Å². The number of carbonyl (C=O) groups excluding carboxylic acids is 2. The van der Waals surface area contributed by atoms with Crippen LogP contribution >= 0.6 is 0 Å². The Bertz CT molecular complexity index is 578. The van der Waals surface area contributed by atoms with Crippen molar-refractivity contribution in [2.75, 3.05) is 11.9 Å². The monoisotopic (exact) mass is 356 g/mol. The van der Waals surface area contributed by atoms with E-state index < -0.39 is 41.0 Å². The van der Waals surface area contributed by atoms with Crippen molar-refractivity contribution < 1.29 is 35.9 Å². The lowest BCUT2D eigenvalue weighted by Crippen LogP contribution is -2.36. The third-order valence-electron chi connectivity index (χ3n) is 2.87. The minimum Gasteiger partial charge on any atom is -0.348 e. The number of rotatable bonds is 4. The zero-order valence-electron chi connectivity index (χ0n) is 12.4. The van der Waals surface area contributed by atoms with Crippen LogP contribution in [0.4, 0.5) is 32.0 Å². The molecule has 0 heterocycles. The van der Waals surface area contributed by atoms with Crippen molar-refractivity contribution in [1.29, 1.82) is 0 Å². The molecule has 0 radical (unpaired) electrons. The fourth-order valence-corrected chi connectivity index (χ4v) is 1.67. The number of hydrogen-bond acceptors (Lipinski definition) is 2. The zero-order valence-corrected chi connectivity index (χ0v) is 12.4. The van der Waals surface area contributed by atoms with Gasteiger partial charge in [-0.05, 0) is 24.6 Å². The molecule has 4 nitrogen and oxygen atoms in total. The largest absolute Gasteiger partial charge is 0.416 e. The summed E-state index contributed by atoms with van der Waals surface area (Å²) < 4.78 is 76.1. The second-order valence-electron chi connectivity index (χ2n) is 4.86. The molecule has 0 unspecified atom stereocenters. The molecule has 0 bridgehead atoms. The van der Waals surface area contributed by atoms with Gasteiger partial charge in [-0.1, -0.05) is 13.3 Å². The van der Waals surface area contributed by atoms with Crippen molar-refractivity contribution in [3.8, 4) is 0 Å². The summed E-state index contributed by atoms with van der Waals surface area (Å²) in [5.41, 5.74) is -3.94. The molecule has 1 rings (SSSR count). The third kappa shape index (κ3) is 5.74. The Hall–Kier alpha value is -2.26. The van der Waals surface area contributed by atoms with E-state index in [4.69, 9.17) is 0 Å². The smallest absolute Gasteiger partial charge is 0.348 e. The van der Waals surface area contributed by atoms with Crippen LogP contribution in [0.25, 0.3) is 0 Å². The first kappa shape index (κ1) is 19.8. The summed E-state index contributed by atoms with van der Waals surface area (Å²) in [6.45, 7) is 1.99. The molecule has 1 aromatic rings. The van der Waals surface area contributed by atoms with Gasteiger partial charge in [0, 0.05) is 12.2 Å². The van der Waals surface area contributed by atoms with Crippen LogP contribution in [0.1, 0.15) is 30.9 Å². The molecular weight excluding hydrogens is 342 g/mol.